The maximum atomic E-state index is 12.1. The molecule has 7 nitrogen and oxygen atoms in total. The van der Waals surface area contributed by atoms with Gasteiger partial charge in [-0.2, -0.15) is 0 Å². The second-order valence-electron chi connectivity index (χ2n) is 9.92. The number of cyclic esters (lactones) is 1. The standard InChI is InChI=1S/C25H42O7/c1-4-5-6-7-8-9-10-11-12-13-14-15-16-17-18(26)31-20-19(27)21(32-22(20)28)25(30)23(29)24(25,2)3/h21,23,27,29-30H,4-17H2,1-3H3/t21-,23?,25+/m0/s1. The van der Waals surface area contributed by atoms with Crippen molar-refractivity contribution in [2.75, 3.05) is 0 Å². The van der Waals surface area contributed by atoms with E-state index in [0.717, 1.165) is 19.3 Å². The van der Waals surface area contributed by atoms with Crippen LogP contribution < -0.4 is 0 Å². The number of carbonyl (C=O) groups is 2. The molecule has 1 saturated carbocycles. The van der Waals surface area contributed by atoms with Gasteiger partial charge in [0.1, 0.15) is 5.60 Å². The first-order valence-electron chi connectivity index (χ1n) is 12.4. The summed E-state index contributed by atoms with van der Waals surface area (Å²) in [6.45, 7) is 5.43. The second kappa shape index (κ2) is 12.0. The third kappa shape index (κ3) is 6.25. The van der Waals surface area contributed by atoms with Gasteiger partial charge in [0.05, 0.1) is 6.10 Å². The molecule has 0 spiro atoms. The maximum absolute atomic E-state index is 12.1. The van der Waals surface area contributed by atoms with Crippen LogP contribution in [0.15, 0.2) is 11.5 Å². The summed E-state index contributed by atoms with van der Waals surface area (Å²) in [6.07, 6.45) is 13.2. The number of aliphatic hydroxyl groups is 3. The van der Waals surface area contributed by atoms with Gasteiger partial charge < -0.3 is 24.8 Å². The fourth-order valence-electron chi connectivity index (χ4n) is 4.51. The van der Waals surface area contributed by atoms with E-state index in [4.69, 9.17) is 9.47 Å². The number of unbranched alkanes of at least 4 members (excludes halogenated alkanes) is 12. The highest BCUT2D eigenvalue weighted by molar-refractivity contribution is 5.92. The van der Waals surface area contributed by atoms with Gasteiger partial charge in [0.25, 0.3) is 5.76 Å². The predicted molar refractivity (Wildman–Crippen MR) is 121 cm³/mol. The van der Waals surface area contributed by atoms with Crippen LogP contribution in [0.2, 0.25) is 0 Å². The summed E-state index contributed by atoms with van der Waals surface area (Å²) in [7, 11) is 0. The molecule has 0 aromatic heterocycles. The molecule has 0 saturated heterocycles. The van der Waals surface area contributed by atoms with Gasteiger partial charge in [0, 0.05) is 11.8 Å². The molecule has 2 rings (SSSR count). The molecule has 1 aliphatic heterocycles. The minimum atomic E-state index is -1.80. The molecule has 0 amide bonds. The number of ether oxygens (including phenoxy) is 2. The Labute approximate surface area is 192 Å². The molecule has 3 atom stereocenters. The average Bonchev–Trinajstić information content (AvgIpc) is 2.99. The molecule has 184 valence electrons. The van der Waals surface area contributed by atoms with E-state index in [9.17, 15) is 24.9 Å². The lowest BCUT2D eigenvalue weighted by atomic mass is 10.0. The van der Waals surface area contributed by atoms with E-state index in [1.807, 2.05) is 0 Å². The fourth-order valence-corrected chi connectivity index (χ4v) is 4.51. The smallest absolute Gasteiger partial charge is 0.378 e. The van der Waals surface area contributed by atoms with Crippen molar-refractivity contribution in [3.63, 3.8) is 0 Å². The van der Waals surface area contributed by atoms with Crippen molar-refractivity contribution in [3.05, 3.63) is 11.5 Å². The van der Waals surface area contributed by atoms with Crippen LogP contribution in [0.1, 0.15) is 111 Å². The quantitative estimate of drug-likeness (QED) is 0.226. The van der Waals surface area contributed by atoms with Crippen molar-refractivity contribution < 1.29 is 34.4 Å². The fraction of sp³-hybridized carbons (Fsp3) is 0.840. The van der Waals surface area contributed by atoms with Gasteiger partial charge in [0.15, 0.2) is 11.9 Å². The van der Waals surface area contributed by atoms with Crippen LogP contribution in [-0.2, 0) is 19.1 Å². The summed E-state index contributed by atoms with van der Waals surface area (Å²) in [6, 6.07) is 0. The number of carbonyl (C=O) groups excluding carboxylic acids is 2. The van der Waals surface area contributed by atoms with Gasteiger partial charge in [-0.3, -0.25) is 4.79 Å². The van der Waals surface area contributed by atoms with Crippen LogP contribution in [0.3, 0.4) is 0 Å². The lowest BCUT2D eigenvalue weighted by Gasteiger charge is -2.19. The summed E-state index contributed by atoms with van der Waals surface area (Å²) < 4.78 is 10.0. The Morgan fingerprint density at radius 1 is 0.938 bits per heavy atom. The van der Waals surface area contributed by atoms with E-state index >= 15 is 0 Å². The minimum Gasteiger partial charge on any atom is -0.505 e. The Morgan fingerprint density at radius 2 is 1.38 bits per heavy atom. The van der Waals surface area contributed by atoms with Crippen LogP contribution in [0.4, 0.5) is 0 Å². The van der Waals surface area contributed by atoms with Crippen molar-refractivity contribution in [2.24, 2.45) is 5.41 Å². The molecular formula is C25H42O7. The molecule has 0 aromatic rings. The van der Waals surface area contributed by atoms with Gasteiger partial charge in [-0.25, -0.2) is 4.79 Å². The highest BCUT2D eigenvalue weighted by Crippen LogP contribution is 2.60. The van der Waals surface area contributed by atoms with Crippen LogP contribution >= 0.6 is 0 Å². The molecular weight excluding hydrogens is 412 g/mol. The van der Waals surface area contributed by atoms with E-state index in [1.165, 1.54) is 57.8 Å². The van der Waals surface area contributed by atoms with Gasteiger partial charge in [0.2, 0.25) is 0 Å². The van der Waals surface area contributed by atoms with Crippen molar-refractivity contribution in [1.82, 2.24) is 0 Å². The number of aliphatic hydroxyl groups excluding tert-OH is 2. The largest absolute Gasteiger partial charge is 0.505 e. The number of rotatable bonds is 16. The lowest BCUT2D eigenvalue weighted by molar-refractivity contribution is -0.155. The Hall–Kier alpha value is -1.60. The number of hydrogen-bond donors (Lipinski definition) is 3. The molecule has 1 fully saturated rings. The Kier molecular flexibility index (Phi) is 10.0. The predicted octanol–water partition coefficient (Wildman–Crippen LogP) is 4.84. The SMILES string of the molecule is CCCCCCCCCCCCCCCC(=O)OC1=C(O)[C@@H]([C@@]2(O)C(O)C2(C)C)OC1=O. The Morgan fingerprint density at radius 3 is 1.81 bits per heavy atom. The van der Waals surface area contributed by atoms with E-state index < -0.39 is 46.7 Å². The molecule has 0 radical (unpaired) electrons. The van der Waals surface area contributed by atoms with Crippen molar-refractivity contribution >= 4 is 11.9 Å². The van der Waals surface area contributed by atoms with E-state index in [2.05, 4.69) is 6.92 Å². The molecule has 3 N–H and O–H groups in total. The zero-order valence-electron chi connectivity index (χ0n) is 20.0. The van der Waals surface area contributed by atoms with Gasteiger partial charge in [-0.1, -0.05) is 97.8 Å². The first-order valence-corrected chi connectivity index (χ1v) is 12.4. The minimum absolute atomic E-state index is 0.144. The highest BCUT2D eigenvalue weighted by atomic mass is 16.6. The van der Waals surface area contributed by atoms with Crippen LogP contribution in [-0.4, -0.2) is 45.1 Å². The van der Waals surface area contributed by atoms with Crippen LogP contribution in [0.5, 0.6) is 0 Å². The molecule has 0 bridgehead atoms. The summed E-state index contributed by atoms with van der Waals surface area (Å²) in [5, 5.41) is 30.8. The van der Waals surface area contributed by atoms with Gasteiger partial charge >= 0.3 is 11.9 Å². The van der Waals surface area contributed by atoms with Gasteiger partial charge in [-0.15, -0.1) is 0 Å². The first-order chi connectivity index (χ1) is 15.2. The van der Waals surface area contributed by atoms with Gasteiger partial charge in [-0.05, 0) is 6.42 Å². The zero-order valence-corrected chi connectivity index (χ0v) is 20.0. The summed E-state index contributed by atoms with van der Waals surface area (Å²) >= 11 is 0. The Balaban J connectivity index is 1.56. The van der Waals surface area contributed by atoms with Crippen LogP contribution in [0.25, 0.3) is 0 Å². The highest BCUT2D eigenvalue weighted by Gasteiger charge is 2.77. The normalized spacial score (nSPS) is 26.3. The molecule has 1 heterocycles. The summed E-state index contributed by atoms with van der Waals surface area (Å²) in [4.78, 5) is 24.1. The number of esters is 2. The zero-order chi connectivity index (χ0) is 23.8. The second-order valence-corrected chi connectivity index (χ2v) is 9.92. The third-order valence-corrected chi connectivity index (χ3v) is 7.04. The van der Waals surface area contributed by atoms with Crippen molar-refractivity contribution in [1.29, 1.82) is 0 Å². The summed E-state index contributed by atoms with van der Waals surface area (Å²) in [5.41, 5.74) is -2.74. The van der Waals surface area contributed by atoms with Crippen LogP contribution in [0, 0.1) is 5.41 Å². The van der Waals surface area contributed by atoms with Crippen molar-refractivity contribution in [2.45, 2.75) is 128 Å². The monoisotopic (exact) mass is 454 g/mol. The Bertz CT molecular complexity index is 669. The molecule has 32 heavy (non-hydrogen) atoms. The first kappa shape index (κ1) is 26.7. The lowest BCUT2D eigenvalue weighted by Crippen LogP contribution is -2.36. The topological polar surface area (TPSA) is 113 Å². The number of hydrogen-bond acceptors (Lipinski definition) is 7. The van der Waals surface area contributed by atoms with E-state index in [1.54, 1.807) is 13.8 Å². The molecule has 1 unspecified atom stereocenters. The summed E-state index contributed by atoms with van der Waals surface area (Å²) in [5.74, 6) is -2.84. The maximum Gasteiger partial charge on any atom is 0.378 e. The molecule has 1 aliphatic carbocycles. The molecule has 2 aliphatic rings. The van der Waals surface area contributed by atoms with Crippen molar-refractivity contribution in [3.8, 4) is 0 Å². The average molecular weight is 455 g/mol. The molecule has 0 aromatic carbocycles. The van der Waals surface area contributed by atoms with E-state index in [-0.39, 0.29) is 6.42 Å². The molecule has 7 heteroatoms. The van der Waals surface area contributed by atoms with E-state index in [0.29, 0.717) is 6.42 Å². The third-order valence-electron chi connectivity index (χ3n) is 7.04.